The van der Waals surface area contributed by atoms with E-state index in [0.717, 1.165) is 18.4 Å². The van der Waals surface area contributed by atoms with E-state index in [2.05, 4.69) is 0 Å². The van der Waals surface area contributed by atoms with Crippen molar-refractivity contribution in [3.63, 3.8) is 0 Å². The fourth-order valence-corrected chi connectivity index (χ4v) is 2.71. The van der Waals surface area contributed by atoms with Crippen LogP contribution in [0, 0.1) is 5.41 Å². The van der Waals surface area contributed by atoms with Gasteiger partial charge in [0.2, 0.25) is 0 Å². The molecule has 0 saturated heterocycles. The quantitative estimate of drug-likeness (QED) is 0.597. The van der Waals surface area contributed by atoms with Gasteiger partial charge >= 0.3 is 5.97 Å². The lowest BCUT2D eigenvalue weighted by molar-refractivity contribution is -0.167. The summed E-state index contributed by atoms with van der Waals surface area (Å²) in [6, 6.07) is 9.73. The van der Waals surface area contributed by atoms with Crippen LogP contribution in [0.2, 0.25) is 0 Å². The summed E-state index contributed by atoms with van der Waals surface area (Å²) in [5.41, 5.74) is -0.0666. The monoisotopic (exact) mass is 290 g/mol. The molecule has 0 aliphatic heterocycles. The first-order chi connectivity index (χ1) is 10.2. The van der Waals surface area contributed by atoms with Gasteiger partial charge in [0, 0.05) is 6.42 Å². The van der Waals surface area contributed by atoms with Crippen molar-refractivity contribution >= 4 is 11.8 Å². The number of benzene rings is 1. The fraction of sp³-hybridized carbons (Fsp3) is 0.529. The number of ether oxygens (including phenoxy) is 2. The maximum atomic E-state index is 12.3. The minimum Gasteiger partial charge on any atom is -0.465 e. The van der Waals surface area contributed by atoms with Gasteiger partial charge in [-0.3, -0.25) is 9.59 Å². The Balaban J connectivity index is 2.02. The van der Waals surface area contributed by atoms with Gasteiger partial charge in [-0.15, -0.1) is 0 Å². The lowest BCUT2D eigenvalue weighted by Gasteiger charge is -2.32. The minimum absolute atomic E-state index is 0.0414. The Morgan fingerprint density at radius 2 is 2.00 bits per heavy atom. The molecule has 0 N–H and O–H groups in total. The van der Waals surface area contributed by atoms with E-state index in [-0.39, 0.29) is 19.0 Å². The molecular weight excluding hydrogens is 268 g/mol. The highest BCUT2D eigenvalue weighted by Crippen LogP contribution is 2.35. The number of carbonyl (C=O) groups is 2. The maximum Gasteiger partial charge on any atom is 0.322 e. The van der Waals surface area contributed by atoms with Crippen LogP contribution in [-0.2, 0) is 25.7 Å². The van der Waals surface area contributed by atoms with E-state index in [0.29, 0.717) is 19.4 Å². The van der Waals surface area contributed by atoms with Crippen molar-refractivity contribution in [2.45, 2.75) is 39.2 Å². The molecule has 1 aliphatic rings. The number of hydrogen-bond acceptors (Lipinski definition) is 4. The molecule has 0 heterocycles. The molecule has 0 amide bonds. The summed E-state index contributed by atoms with van der Waals surface area (Å²) in [7, 11) is 0. The molecule has 1 aromatic rings. The zero-order valence-electron chi connectivity index (χ0n) is 12.5. The molecule has 0 radical (unpaired) electrons. The third-order valence-electron chi connectivity index (χ3n) is 3.92. The summed E-state index contributed by atoms with van der Waals surface area (Å²) in [5, 5.41) is 0. The lowest BCUT2D eigenvalue weighted by Crippen LogP contribution is -2.46. The second-order valence-corrected chi connectivity index (χ2v) is 5.41. The van der Waals surface area contributed by atoms with Gasteiger partial charge in [0.05, 0.1) is 19.8 Å². The third-order valence-corrected chi connectivity index (χ3v) is 3.92. The summed E-state index contributed by atoms with van der Waals surface area (Å²) in [6.07, 6.45) is 2.67. The highest BCUT2D eigenvalue weighted by atomic mass is 16.5. The molecular formula is C17H22O4. The second kappa shape index (κ2) is 7.36. The van der Waals surface area contributed by atoms with Gasteiger partial charge in [0.1, 0.15) is 5.41 Å². The van der Waals surface area contributed by atoms with Gasteiger partial charge < -0.3 is 9.47 Å². The molecule has 21 heavy (non-hydrogen) atoms. The van der Waals surface area contributed by atoms with Crippen molar-refractivity contribution in [3.8, 4) is 0 Å². The SMILES string of the molecule is CCOC(=O)[C@@]1(COCc2ccccc2)CCCCC1=O. The van der Waals surface area contributed by atoms with Crippen LogP contribution in [-0.4, -0.2) is 25.0 Å². The standard InChI is InChI=1S/C17H22O4/c1-2-21-16(19)17(11-7-6-10-15(17)18)13-20-12-14-8-4-3-5-9-14/h3-5,8-9H,2,6-7,10-13H2,1H3/t17-/m1/s1. The average Bonchev–Trinajstić information content (AvgIpc) is 2.50. The van der Waals surface area contributed by atoms with E-state index in [1.165, 1.54) is 0 Å². The minimum atomic E-state index is -1.09. The predicted octanol–water partition coefficient (Wildman–Crippen LogP) is 2.90. The van der Waals surface area contributed by atoms with Gasteiger partial charge in [0.25, 0.3) is 0 Å². The molecule has 1 fully saturated rings. The Hall–Kier alpha value is -1.68. The molecule has 0 unspecified atom stereocenters. The number of Topliss-reactive ketones (excluding diaryl/α,β-unsaturated/α-hetero) is 1. The molecule has 4 nitrogen and oxygen atoms in total. The summed E-state index contributed by atoms with van der Waals surface area (Å²) < 4.78 is 10.8. The van der Waals surface area contributed by atoms with Crippen LogP contribution in [0.5, 0.6) is 0 Å². The molecule has 1 aromatic carbocycles. The van der Waals surface area contributed by atoms with E-state index in [9.17, 15) is 9.59 Å². The van der Waals surface area contributed by atoms with Crippen LogP contribution >= 0.6 is 0 Å². The Kier molecular flexibility index (Phi) is 5.51. The van der Waals surface area contributed by atoms with Gasteiger partial charge in [-0.05, 0) is 25.3 Å². The molecule has 0 spiro atoms. The summed E-state index contributed by atoms with van der Waals surface area (Å²) in [5.74, 6) is -0.469. The van der Waals surface area contributed by atoms with Gasteiger partial charge in [-0.1, -0.05) is 36.8 Å². The van der Waals surface area contributed by atoms with Crippen LogP contribution in [0.1, 0.15) is 38.2 Å². The van der Waals surface area contributed by atoms with Crippen molar-refractivity contribution in [1.82, 2.24) is 0 Å². The first-order valence-electron chi connectivity index (χ1n) is 7.51. The van der Waals surface area contributed by atoms with Crippen LogP contribution in [0.25, 0.3) is 0 Å². The zero-order chi connectivity index (χ0) is 15.1. The largest absolute Gasteiger partial charge is 0.465 e. The van der Waals surface area contributed by atoms with Crippen molar-refractivity contribution in [1.29, 1.82) is 0 Å². The number of hydrogen-bond donors (Lipinski definition) is 0. The van der Waals surface area contributed by atoms with E-state index in [4.69, 9.17) is 9.47 Å². The molecule has 1 saturated carbocycles. The van der Waals surface area contributed by atoms with Crippen LogP contribution in [0.3, 0.4) is 0 Å². The number of esters is 1. The Morgan fingerprint density at radius 1 is 1.24 bits per heavy atom. The maximum absolute atomic E-state index is 12.3. The number of carbonyl (C=O) groups excluding carboxylic acids is 2. The molecule has 0 bridgehead atoms. The third kappa shape index (κ3) is 3.70. The zero-order valence-corrected chi connectivity index (χ0v) is 12.5. The Bertz CT molecular complexity index is 483. The Morgan fingerprint density at radius 3 is 2.67 bits per heavy atom. The van der Waals surface area contributed by atoms with Crippen molar-refractivity contribution in [3.05, 3.63) is 35.9 Å². The van der Waals surface area contributed by atoms with E-state index in [1.807, 2.05) is 30.3 Å². The lowest BCUT2D eigenvalue weighted by atomic mass is 9.73. The summed E-state index contributed by atoms with van der Waals surface area (Å²) in [6.45, 7) is 2.55. The van der Waals surface area contributed by atoms with E-state index < -0.39 is 11.4 Å². The number of ketones is 1. The molecule has 1 atom stereocenters. The second-order valence-electron chi connectivity index (χ2n) is 5.41. The van der Waals surface area contributed by atoms with Crippen molar-refractivity contribution in [2.24, 2.45) is 5.41 Å². The van der Waals surface area contributed by atoms with Crippen LogP contribution in [0.15, 0.2) is 30.3 Å². The molecule has 114 valence electrons. The summed E-state index contributed by atoms with van der Waals surface area (Å²) >= 11 is 0. The molecule has 4 heteroatoms. The van der Waals surface area contributed by atoms with Gasteiger partial charge in [0.15, 0.2) is 5.78 Å². The first kappa shape index (κ1) is 15.7. The molecule has 2 rings (SSSR count). The Labute approximate surface area is 125 Å². The van der Waals surface area contributed by atoms with Gasteiger partial charge in [-0.2, -0.15) is 0 Å². The average molecular weight is 290 g/mol. The number of rotatable bonds is 6. The topological polar surface area (TPSA) is 52.6 Å². The van der Waals surface area contributed by atoms with E-state index in [1.54, 1.807) is 6.92 Å². The van der Waals surface area contributed by atoms with Crippen LogP contribution in [0.4, 0.5) is 0 Å². The summed E-state index contributed by atoms with van der Waals surface area (Å²) in [4.78, 5) is 24.5. The normalized spacial score (nSPS) is 22.0. The fourth-order valence-electron chi connectivity index (χ4n) is 2.71. The highest BCUT2D eigenvalue weighted by Gasteiger charge is 2.48. The van der Waals surface area contributed by atoms with Crippen molar-refractivity contribution in [2.75, 3.05) is 13.2 Å². The van der Waals surface area contributed by atoms with E-state index >= 15 is 0 Å². The molecule has 1 aliphatic carbocycles. The van der Waals surface area contributed by atoms with Crippen LogP contribution < -0.4 is 0 Å². The van der Waals surface area contributed by atoms with Gasteiger partial charge in [-0.25, -0.2) is 0 Å². The molecule has 0 aromatic heterocycles. The predicted molar refractivity (Wildman–Crippen MR) is 78.6 cm³/mol. The highest BCUT2D eigenvalue weighted by molar-refractivity contribution is 6.04. The smallest absolute Gasteiger partial charge is 0.322 e. The van der Waals surface area contributed by atoms with Crippen molar-refractivity contribution < 1.29 is 19.1 Å². The first-order valence-corrected chi connectivity index (χ1v) is 7.51.